The van der Waals surface area contributed by atoms with E-state index in [2.05, 4.69) is 5.32 Å². The number of anilines is 1. The number of hydrogen-bond donors (Lipinski definition) is 1. The lowest BCUT2D eigenvalue weighted by Gasteiger charge is -2.15. The SMILES string of the molecule is Cc1ccc(NC(=O)[C@H](C)Oc2ccc3c(C)cc(=O)oc3c2)cc1F. The number of halogens is 1. The van der Waals surface area contributed by atoms with Crippen molar-refractivity contribution in [3.63, 3.8) is 0 Å². The van der Waals surface area contributed by atoms with E-state index in [0.29, 0.717) is 22.6 Å². The number of ether oxygens (including phenoxy) is 1. The molecule has 0 aliphatic rings. The predicted molar refractivity (Wildman–Crippen MR) is 97.1 cm³/mol. The van der Waals surface area contributed by atoms with Gasteiger partial charge < -0.3 is 14.5 Å². The molecule has 5 nitrogen and oxygen atoms in total. The number of amides is 1. The lowest BCUT2D eigenvalue weighted by Crippen LogP contribution is -2.30. The number of carbonyl (C=O) groups is 1. The summed E-state index contributed by atoms with van der Waals surface area (Å²) in [4.78, 5) is 23.8. The van der Waals surface area contributed by atoms with Gasteiger partial charge in [-0.15, -0.1) is 0 Å². The van der Waals surface area contributed by atoms with Crippen LogP contribution in [0.1, 0.15) is 18.1 Å². The molecule has 1 aromatic heterocycles. The van der Waals surface area contributed by atoms with Crippen LogP contribution in [0.15, 0.2) is 51.7 Å². The van der Waals surface area contributed by atoms with Crippen molar-refractivity contribution in [1.29, 1.82) is 0 Å². The topological polar surface area (TPSA) is 68.5 Å². The molecule has 0 spiro atoms. The summed E-state index contributed by atoms with van der Waals surface area (Å²) < 4.78 is 24.4. The van der Waals surface area contributed by atoms with Gasteiger partial charge >= 0.3 is 5.63 Å². The molecule has 1 heterocycles. The van der Waals surface area contributed by atoms with Crippen molar-refractivity contribution in [2.24, 2.45) is 0 Å². The predicted octanol–water partition coefficient (Wildman–Crippen LogP) is 3.95. The first-order chi connectivity index (χ1) is 12.3. The van der Waals surface area contributed by atoms with E-state index < -0.39 is 23.5 Å². The van der Waals surface area contributed by atoms with E-state index in [0.717, 1.165) is 10.9 Å². The average Bonchev–Trinajstić information content (AvgIpc) is 2.57. The van der Waals surface area contributed by atoms with Crippen molar-refractivity contribution in [2.45, 2.75) is 26.9 Å². The maximum Gasteiger partial charge on any atom is 0.336 e. The van der Waals surface area contributed by atoms with Crippen LogP contribution in [-0.2, 0) is 4.79 Å². The van der Waals surface area contributed by atoms with E-state index in [1.54, 1.807) is 44.2 Å². The Morgan fingerprint density at radius 1 is 1.12 bits per heavy atom. The molecular weight excluding hydrogens is 337 g/mol. The first kappa shape index (κ1) is 17.7. The zero-order valence-corrected chi connectivity index (χ0v) is 14.6. The maximum absolute atomic E-state index is 13.6. The molecular formula is C20H18FNO4. The summed E-state index contributed by atoms with van der Waals surface area (Å²) in [5.41, 5.74) is 1.60. The molecule has 1 atom stereocenters. The van der Waals surface area contributed by atoms with Crippen LogP contribution in [0.5, 0.6) is 5.75 Å². The number of hydrogen-bond acceptors (Lipinski definition) is 4. The highest BCUT2D eigenvalue weighted by Crippen LogP contribution is 2.23. The highest BCUT2D eigenvalue weighted by molar-refractivity contribution is 5.94. The van der Waals surface area contributed by atoms with E-state index in [1.165, 1.54) is 12.1 Å². The molecule has 0 aliphatic heterocycles. The van der Waals surface area contributed by atoms with Crippen molar-refractivity contribution < 1.29 is 18.3 Å². The van der Waals surface area contributed by atoms with Gasteiger partial charge in [-0.25, -0.2) is 9.18 Å². The average molecular weight is 355 g/mol. The van der Waals surface area contributed by atoms with Crippen molar-refractivity contribution >= 4 is 22.6 Å². The second-order valence-electron chi connectivity index (χ2n) is 6.12. The summed E-state index contributed by atoms with van der Waals surface area (Å²) in [5, 5.41) is 3.40. The fourth-order valence-electron chi connectivity index (χ4n) is 2.55. The zero-order valence-electron chi connectivity index (χ0n) is 14.6. The van der Waals surface area contributed by atoms with Crippen LogP contribution in [-0.4, -0.2) is 12.0 Å². The molecule has 0 saturated heterocycles. The maximum atomic E-state index is 13.6. The van der Waals surface area contributed by atoms with Crippen LogP contribution in [0.3, 0.4) is 0 Å². The molecule has 0 aliphatic carbocycles. The van der Waals surface area contributed by atoms with Gasteiger partial charge in [0.2, 0.25) is 0 Å². The Kier molecular flexibility index (Phi) is 4.75. The van der Waals surface area contributed by atoms with Gasteiger partial charge in [-0.2, -0.15) is 0 Å². The number of carbonyl (C=O) groups excluding carboxylic acids is 1. The summed E-state index contributed by atoms with van der Waals surface area (Å²) in [7, 11) is 0. The lowest BCUT2D eigenvalue weighted by molar-refractivity contribution is -0.122. The van der Waals surface area contributed by atoms with Crippen molar-refractivity contribution in [2.75, 3.05) is 5.32 Å². The largest absolute Gasteiger partial charge is 0.481 e. The Morgan fingerprint density at radius 2 is 1.88 bits per heavy atom. The highest BCUT2D eigenvalue weighted by atomic mass is 19.1. The summed E-state index contributed by atoms with van der Waals surface area (Å²) in [6, 6.07) is 10.9. The second-order valence-corrected chi connectivity index (χ2v) is 6.12. The molecule has 0 fully saturated rings. The minimum absolute atomic E-state index is 0.355. The van der Waals surface area contributed by atoms with E-state index >= 15 is 0 Å². The van der Waals surface area contributed by atoms with Gasteiger partial charge in [0.05, 0.1) is 0 Å². The normalized spacial score (nSPS) is 12.0. The lowest BCUT2D eigenvalue weighted by atomic mass is 10.1. The van der Waals surface area contributed by atoms with Gasteiger partial charge in [-0.3, -0.25) is 4.79 Å². The molecule has 0 bridgehead atoms. The summed E-state index contributed by atoms with van der Waals surface area (Å²) in [6.45, 7) is 5.04. The van der Waals surface area contributed by atoms with Gasteiger partial charge in [0, 0.05) is 23.2 Å². The second kappa shape index (κ2) is 7.00. The van der Waals surface area contributed by atoms with E-state index in [4.69, 9.17) is 9.15 Å². The van der Waals surface area contributed by atoms with Gasteiger partial charge in [0.1, 0.15) is 17.1 Å². The molecule has 2 aromatic carbocycles. The Labute approximate surface area is 149 Å². The van der Waals surface area contributed by atoms with Crippen molar-refractivity contribution in [1.82, 2.24) is 0 Å². The Bertz CT molecular complexity index is 1040. The Balaban J connectivity index is 1.75. The quantitative estimate of drug-likeness (QED) is 0.720. The van der Waals surface area contributed by atoms with Crippen LogP contribution in [0.4, 0.5) is 10.1 Å². The van der Waals surface area contributed by atoms with Crippen LogP contribution in [0.2, 0.25) is 0 Å². The van der Waals surface area contributed by atoms with Gasteiger partial charge in [-0.1, -0.05) is 6.07 Å². The summed E-state index contributed by atoms with van der Waals surface area (Å²) >= 11 is 0. The first-order valence-electron chi connectivity index (χ1n) is 8.11. The van der Waals surface area contributed by atoms with E-state index in [-0.39, 0.29) is 0 Å². The minimum Gasteiger partial charge on any atom is -0.481 e. The van der Waals surface area contributed by atoms with Gasteiger partial charge in [0.25, 0.3) is 5.91 Å². The molecule has 3 rings (SSSR count). The molecule has 0 saturated carbocycles. The molecule has 3 aromatic rings. The monoisotopic (exact) mass is 355 g/mol. The third kappa shape index (κ3) is 3.74. The smallest absolute Gasteiger partial charge is 0.336 e. The molecule has 26 heavy (non-hydrogen) atoms. The Morgan fingerprint density at radius 3 is 2.62 bits per heavy atom. The Hall–Kier alpha value is -3.15. The van der Waals surface area contributed by atoms with Crippen molar-refractivity contribution in [3.05, 3.63) is 69.8 Å². The molecule has 134 valence electrons. The number of nitrogens with one attached hydrogen (secondary N) is 1. The number of fused-ring (bicyclic) bond motifs is 1. The summed E-state index contributed by atoms with van der Waals surface area (Å²) in [6.07, 6.45) is -0.826. The summed E-state index contributed by atoms with van der Waals surface area (Å²) in [5.74, 6) is -0.417. The number of rotatable bonds is 4. The minimum atomic E-state index is -0.826. The molecule has 0 unspecified atom stereocenters. The van der Waals surface area contributed by atoms with Crippen LogP contribution < -0.4 is 15.7 Å². The van der Waals surface area contributed by atoms with Gasteiger partial charge in [0.15, 0.2) is 6.10 Å². The standard InChI is InChI=1S/C20H18FNO4/c1-11-4-5-14(9-17(11)21)22-20(24)13(3)25-15-6-7-16-12(2)8-19(23)26-18(16)10-15/h4-10,13H,1-3H3,(H,22,24)/t13-/m0/s1. The third-order valence-corrected chi connectivity index (χ3v) is 4.04. The molecule has 0 radical (unpaired) electrons. The molecule has 6 heteroatoms. The molecule has 1 N–H and O–H groups in total. The number of benzene rings is 2. The number of aryl methyl sites for hydroxylation is 2. The van der Waals surface area contributed by atoms with Crippen LogP contribution >= 0.6 is 0 Å². The van der Waals surface area contributed by atoms with E-state index in [9.17, 15) is 14.0 Å². The van der Waals surface area contributed by atoms with Crippen LogP contribution in [0.25, 0.3) is 11.0 Å². The highest BCUT2D eigenvalue weighted by Gasteiger charge is 2.16. The van der Waals surface area contributed by atoms with Crippen LogP contribution in [0, 0.1) is 19.7 Å². The fourth-order valence-corrected chi connectivity index (χ4v) is 2.55. The van der Waals surface area contributed by atoms with Gasteiger partial charge in [-0.05, 0) is 56.2 Å². The van der Waals surface area contributed by atoms with Crippen molar-refractivity contribution in [3.8, 4) is 5.75 Å². The third-order valence-electron chi connectivity index (χ3n) is 4.04. The zero-order chi connectivity index (χ0) is 18.8. The van der Waals surface area contributed by atoms with E-state index in [1.807, 2.05) is 6.92 Å². The fraction of sp³-hybridized carbons (Fsp3) is 0.200. The molecule has 1 amide bonds. The first-order valence-corrected chi connectivity index (χ1v) is 8.11.